The van der Waals surface area contributed by atoms with Crippen LogP contribution in [0, 0.1) is 32.0 Å². The second-order valence-electron chi connectivity index (χ2n) is 0.274. The average Bonchev–Trinajstić information content (AvgIpc) is 1.70. The van der Waals surface area contributed by atoms with Gasteiger partial charge >= 0.3 is 46.3 Å². The van der Waals surface area contributed by atoms with Gasteiger partial charge in [0.2, 0.25) is 0 Å². The van der Waals surface area contributed by atoms with E-state index in [4.69, 9.17) is 15.8 Å². The normalized spacial score (nSPS) is 1.91. The molecule has 0 aliphatic rings. The minimum atomic E-state index is 0. The van der Waals surface area contributed by atoms with Crippen molar-refractivity contribution in [3.05, 3.63) is 0 Å². The Balaban J connectivity index is -0.0000000150. The van der Waals surface area contributed by atoms with E-state index in [-0.39, 0.29) is 46.3 Å². The monoisotopic (exact) mass is 256 g/mol. The summed E-state index contributed by atoms with van der Waals surface area (Å²) in [5.74, 6) is 0. The van der Waals surface area contributed by atoms with Gasteiger partial charge in [-0.2, -0.15) is 0 Å². The summed E-state index contributed by atoms with van der Waals surface area (Å²) in [6.07, 6.45) is 0. The van der Waals surface area contributed by atoms with Crippen LogP contribution in [0.3, 0.4) is 0 Å². The van der Waals surface area contributed by atoms with Gasteiger partial charge in [0, 0.05) is 0 Å². The molecule has 8 heteroatoms. The Kier molecular flexibility index (Phi) is 203. The van der Waals surface area contributed by atoms with E-state index in [1.54, 1.807) is 0 Å². The third kappa shape index (κ3) is 1960. The van der Waals surface area contributed by atoms with Gasteiger partial charge in [0.05, 0.1) is 0 Å². The van der Waals surface area contributed by atoms with Gasteiger partial charge in [0.1, 0.15) is 0 Å². The molecule has 11 heavy (non-hydrogen) atoms. The van der Waals surface area contributed by atoms with Crippen LogP contribution >= 0.6 is 0 Å². The van der Waals surface area contributed by atoms with Gasteiger partial charge in [-0.15, -0.1) is 0 Å². The van der Waals surface area contributed by atoms with Crippen LogP contribution in [0.1, 0.15) is 0 Å². The van der Waals surface area contributed by atoms with E-state index < -0.39 is 0 Å². The molecule has 1 radical (unpaired) electrons. The van der Waals surface area contributed by atoms with E-state index in [0.29, 0.717) is 0 Å². The summed E-state index contributed by atoms with van der Waals surface area (Å²) in [6, 6.07) is 0. The fraction of sp³-hybridized carbons (Fsp3) is 0. The maximum Gasteiger partial charge on any atom is 2.00 e. The molecule has 55 valence electrons. The van der Waals surface area contributed by atoms with E-state index in [1.165, 1.54) is 16.2 Å². The zero-order valence-electron chi connectivity index (χ0n) is 5.40. The summed E-state index contributed by atoms with van der Waals surface area (Å²) in [7, 11) is 0. The molecule has 0 heterocycles. The molecule has 0 atom stereocenters. The number of nitriles is 3. The van der Waals surface area contributed by atoms with E-state index >= 15 is 0 Å². The second kappa shape index (κ2) is 74.7. The zero-order valence-corrected chi connectivity index (χ0v) is 10.9. The quantitative estimate of drug-likeness (QED) is 0.262. The van der Waals surface area contributed by atoms with Crippen molar-refractivity contribution in [2.45, 2.75) is 0 Å². The first-order valence-electron chi connectivity index (χ1n) is 1.28. The molecule has 0 saturated carbocycles. The molecule has 0 N–H and O–H groups in total. The summed E-state index contributed by atoms with van der Waals surface area (Å²) in [5.41, 5.74) is 0. The molecule has 0 spiro atoms. The van der Waals surface area contributed by atoms with Gasteiger partial charge in [0.25, 0.3) is 0 Å². The summed E-state index contributed by atoms with van der Waals surface area (Å²) >= 11 is 11.1. The number of rotatable bonds is 0. The zero-order chi connectivity index (χ0) is 8.12. The van der Waals surface area contributed by atoms with Gasteiger partial charge < -0.3 is 37.9 Å². The summed E-state index contributed by atoms with van der Waals surface area (Å²) in [4.78, 5) is 0. The maximum absolute atomic E-state index is 7.13. The molecule has 0 rings (SSSR count). The molecule has 0 aliphatic carbocycles. The van der Waals surface area contributed by atoms with Crippen molar-refractivity contribution in [2.75, 3.05) is 0 Å². The van der Waals surface area contributed by atoms with Crippen LogP contribution in [0.2, 0.25) is 0 Å². The number of hydrogen-bond donors (Lipinski definition) is 0. The molecule has 0 aromatic heterocycles. The van der Waals surface area contributed by atoms with Crippen LogP contribution in [-0.2, 0) is 54.7 Å². The molecule has 0 aromatic carbocycles. The molecule has 0 bridgehead atoms. The summed E-state index contributed by atoms with van der Waals surface area (Å²) in [6.45, 7) is 0. The summed E-state index contributed by atoms with van der Waals surface area (Å²) < 4.78 is 0. The van der Waals surface area contributed by atoms with Crippen LogP contribution in [0.5, 0.6) is 0 Å². The van der Waals surface area contributed by atoms with Crippen molar-refractivity contribution in [1.82, 2.24) is 0 Å². The predicted octanol–water partition coefficient (Wildman–Crippen LogP) is -2.96. The third-order valence-electron chi connectivity index (χ3n) is 0. The molecule has 0 aromatic rings. The average molecular weight is 256 g/mol. The van der Waals surface area contributed by atoms with Crippen molar-refractivity contribution in [2.24, 2.45) is 0 Å². The minimum Gasteiger partial charge on any atom is -0.696 e. The third-order valence-corrected chi connectivity index (χ3v) is 0. The molecule has 3 nitrogen and oxygen atoms in total. The topological polar surface area (TPSA) is 71.4 Å². The Bertz CT molecular complexity index is 117. The van der Waals surface area contributed by atoms with Crippen LogP contribution in [0.4, 0.5) is 0 Å². The van der Waals surface area contributed by atoms with Crippen molar-refractivity contribution in [3.8, 4) is 16.2 Å². The maximum atomic E-state index is 7.13. The number of hydrogen-bond acceptors (Lipinski definition) is 6. The van der Waals surface area contributed by atoms with E-state index in [1.807, 2.05) is 0 Å². The largest absolute Gasteiger partial charge is 2.00 e. The van der Waals surface area contributed by atoms with Gasteiger partial charge in [0.15, 0.2) is 0 Å². The van der Waals surface area contributed by atoms with Gasteiger partial charge in [-0.25, -0.2) is 15.8 Å². The smallest absolute Gasteiger partial charge is 0.696 e. The summed E-state index contributed by atoms with van der Waals surface area (Å²) in [5, 5.41) is 25.4. The van der Waals surface area contributed by atoms with Gasteiger partial charge in [-0.05, 0) is 0 Å². The van der Waals surface area contributed by atoms with Crippen molar-refractivity contribution >= 4 is 37.9 Å². The first kappa shape index (κ1) is 29.9. The van der Waals surface area contributed by atoms with E-state index in [2.05, 4.69) is 37.9 Å². The Labute approximate surface area is 115 Å². The molecular weight excluding hydrogens is 256 g/mol. The fourth-order valence-electron chi connectivity index (χ4n) is 0. The van der Waals surface area contributed by atoms with Crippen LogP contribution in [-0.4, -0.2) is 0 Å². The number of thiocyanates is 3. The Morgan fingerprint density at radius 2 is 0.727 bits per heavy atom. The van der Waals surface area contributed by atoms with Crippen molar-refractivity contribution < 1.29 is 46.3 Å². The first-order valence-corrected chi connectivity index (χ1v) is 2.51. The van der Waals surface area contributed by atoms with Crippen LogP contribution < -0.4 is 29.6 Å². The number of nitrogens with zero attached hydrogens (tertiary/aromatic N) is 3. The Morgan fingerprint density at radius 3 is 0.727 bits per heavy atom. The van der Waals surface area contributed by atoms with Crippen molar-refractivity contribution in [3.63, 3.8) is 0 Å². The first-order chi connectivity index (χ1) is 4.24. The second-order valence-corrected chi connectivity index (χ2v) is 0.822. The Morgan fingerprint density at radius 1 is 0.727 bits per heavy atom. The fourth-order valence-corrected chi connectivity index (χ4v) is 0. The van der Waals surface area contributed by atoms with Crippen molar-refractivity contribution in [1.29, 1.82) is 15.8 Å². The van der Waals surface area contributed by atoms with Crippen LogP contribution in [0.25, 0.3) is 0 Å². The molecule has 0 aliphatic heterocycles. The SMILES string of the molecule is N#C[S-].N#C[S-].N#C[S-].[Co+2].[Na+]. The minimum absolute atomic E-state index is 0. The molecule has 0 saturated heterocycles. The molecule has 0 fully saturated rings. The molecule has 0 unspecified atom stereocenters. The standard InChI is InChI=1S/3CHNS.Co.Na/c3*2-1-3;;/h3*3H;;/q;;;+2;+1/p-3. The molecule has 0 amide bonds. The van der Waals surface area contributed by atoms with Crippen LogP contribution in [0.15, 0.2) is 0 Å². The van der Waals surface area contributed by atoms with Gasteiger partial charge in [-0.3, -0.25) is 0 Å². The van der Waals surface area contributed by atoms with Gasteiger partial charge in [-0.1, -0.05) is 16.2 Å². The van der Waals surface area contributed by atoms with E-state index in [0.717, 1.165) is 0 Å². The Hall–Kier alpha value is 0.636. The predicted molar refractivity (Wildman–Crippen MR) is 38.9 cm³/mol. The van der Waals surface area contributed by atoms with E-state index in [9.17, 15) is 0 Å². The molecular formula is C3CoN3NaS3.